The summed E-state index contributed by atoms with van der Waals surface area (Å²) in [6.07, 6.45) is 1.36. The molecule has 0 bridgehead atoms. The van der Waals surface area contributed by atoms with Crippen LogP contribution in [-0.2, 0) is 24.3 Å². The lowest BCUT2D eigenvalue weighted by Gasteiger charge is -2.08. The molecule has 10 heteroatoms. The summed E-state index contributed by atoms with van der Waals surface area (Å²) in [5.41, 5.74) is 1.40. The summed E-state index contributed by atoms with van der Waals surface area (Å²) in [7, 11) is -3.90. The summed E-state index contributed by atoms with van der Waals surface area (Å²) in [6.45, 7) is 0.434. The second kappa shape index (κ2) is 9.89. The summed E-state index contributed by atoms with van der Waals surface area (Å²) in [4.78, 5) is 23.2. The van der Waals surface area contributed by atoms with Crippen LogP contribution in [0.25, 0.3) is 6.08 Å². The van der Waals surface area contributed by atoms with E-state index in [0.717, 1.165) is 23.1 Å². The highest BCUT2D eigenvalue weighted by Gasteiger charge is 2.13. The molecular weight excluding hydrogens is 406 g/mol. The molecule has 0 fully saturated rings. The molecule has 0 heterocycles. The van der Waals surface area contributed by atoms with Crippen molar-refractivity contribution in [1.29, 1.82) is 0 Å². The monoisotopic (exact) mass is 424 g/mol. The number of nitrogens with one attached hydrogen (secondary N) is 2. The highest BCUT2D eigenvalue weighted by molar-refractivity contribution is 7.92. The fraction of sp³-hybridized carbons (Fsp3) is 0.158. The van der Waals surface area contributed by atoms with Crippen molar-refractivity contribution in [2.75, 3.05) is 18.5 Å². The lowest BCUT2D eigenvalue weighted by molar-refractivity contribution is -0.146. The lowest BCUT2D eigenvalue weighted by atomic mass is 10.2. The Hall–Kier alpha value is -3.11. The van der Waals surface area contributed by atoms with Crippen molar-refractivity contribution in [3.05, 3.63) is 70.6 Å². The van der Waals surface area contributed by atoms with E-state index >= 15 is 0 Å². The van der Waals surface area contributed by atoms with Gasteiger partial charge in [0.15, 0.2) is 6.61 Å². The first-order valence-electron chi connectivity index (χ1n) is 8.29. The van der Waals surface area contributed by atoms with E-state index in [4.69, 9.17) is 0 Å². The van der Waals surface area contributed by atoms with E-state index in [-0.39, 0.29) is 5.69 Å². The second-order valence-corrected chi connectivity index (χ2v) is 7.56. The minimum Gasteiger partial charge on any atom is -0.455 e. The highest BCUT2D eigenvalue weighted by Crippen LogP contribution is 2.14. The van der Waals surface area contributed by atoms with Gasteiger partial charge >= 0.3 is 5.97 Å². The first-order chi connectivity index (χ1) is 13.6. The van der Waals surface area contributed by atoms with Crippen molar-refractivity contribution in [2.45, 2.75) is 6.92 Å². The number of anilines is 1. The quantitative estimate of drug-likeness (QED) is 0.634. The molecule has 2 aromatic carbocycles. The minimum atomic E-state index is -3.90. The zero-order valence-electron chi connectivity index (χ0n) is 15.3. The lowest BCUT2D eigenvalue weighted by Crippen LogP contribution is -2.31. The Morgan fingerprint density at radius 1 is 1.10 bits per heavy atom. The summed E-state index contributed by atoms with van der Waals surface area (Å²) >= 11 is 0. The van der Waals surface area contributed by atoms with Crippen LogP contribution in [0, 0.1) is 18.6 Å². The van der Waals surface area contributed by atoms with Crippen LogP contribution in [0.4, 0.5) is 14.5 Å². The van der Waals surface area contributed by atoms with Crippen molar-refractivity contribution in [3.63, 3.8) is 0 Å². The molecule has 0 unspecified atom stereocenters. The van der Waals surface area contributed by atoms with Crippen molar-refractivity contribution in [2.24, 2.45) is 0 Å². The van der Waals surface area contributed by atoms with Crippen LogP contribution in [0.1, 0.15) is 11.1 Å². The summed E-state index contributed by atoms with van der Waals surface area (Å²) < 4.78 is 56.6. The number of benzene rings is 2. The number of halogens is 2. The van der Waals surface area contributed by atoms with Gasteiger partial charge in [-0.25, -0.2) is 21.9 Å². The smallest absolute Gasteiger partial charge is 0.321 e. The van der Waals surface area contributed by atoms with Gasteiger partial charge < -0.3 is 10.1 Å². The molecule has 0 atom stereocenters. The Morgan fingerprint density at radius 3 is 2.45 bits per heavy atom. The van der Waals surface area contributed by atoms with Crippen LogP contribution < -0.4 is 10.0 Å². The molecule has 0 aliphatic heterocycles. The van der Waals surface area contributed by atoms with Gasteiger partial charge in [-0.2, -0.15) is 0 Å². The highest BCUT2D eigenvalue weighted by atomic mass is 32.2. The number of hydrogen-bond acceptors (Lipinski definition) is 5. The van der Waals surface area contributed by atoms with Crippen LogP contribution in [0.15, 0.2) is 47.9 Å². The van der Waals surface area contributed by atoms with Gasteiger partial charge in [0, 0.05) is 11.5 Å². The molecule has 0 spiro atoms. The van der Waals surface area contributed by atoms with Gasteiger partial charge in [-0.3, -0.25) is 9.59 Å². The van der Waals surface area contributed by atoms with Gasteiger partial charge in [-0.05, 0) is 30.7 Å². The molecule has 0 radical (unpaired) electrons. The Balaban J connectivity index is 1.78. The molecule has 0 saturated heterocycles. The van der Waals surface area contributed by atoms with Gasteiger partial charge in [0.25, 0.3) is 5.91 Å². The summed E-state index contributed by atoms with van der Waals surface area (Å²) in [5, 5.41) is 3.00. The minimum absolute atomic E-state index is 0.283. The zero-order chi connectivity index (χ0) is 21.4. The second-order valence-electron chi connectivity index (χ2n) is 5.91. The maximum Gasteiger partial charge on any atom is 0.321 e. The van der Waals surface area contributed by atoms with E-state index in [9.17, 15) is 26.8 Å². The predicted molar refractivity (Wildman–Crippen MR) is 103 cm³/mol. The first kappa shape index (κ1) is 22.2. The fourth-order valence-corrected chi connectivity index (χ4v) is 2.78. The molecule has 29 heavy (non-hydrogen) atoms. The average molecular weight is 424 g/mol. The molecule has 2 aromatic rings. The van der Waals surface area contributed by atoms with Crippen molar-refractivity contribution < 1.29 is 31.5 Å². The first-order valence-corrected chi connectivity index (χ1v) is 9.84. The molecule has 0 aliphatic rings. The number of aryl methyl sites for hydroxylation is 1. The van der Waals surface area contributed by atoms with E-state index < -0.39 is 46.7 Å². The van der Waals surface area contributed by atoms with Gasteiger partial charge in [0.1, 0.15) is 18.2 Å². The maximum atomic E-state index is 13.4. The van der Waals surface area contributed by atoms with Crippen molar-refractivity contribution in [3.8, 4) is 0 Å². The van der Waals surface area contributed by atoms with Crippen molar-refractivity contribution >= 4 is 33.7 Å². The molecule has 0 aliphatic carbocycles. The van der Waals surface area contributed by atoms with Crippen LogP contribution in [0.2, 0.25) is 0 Å². The van der Waals surface area contributed by atoms with Gasteiger partial charge in [-0.15, -0.1) is 0 Å². The number of amides is 1. The summed E-state index contributed by atoms with van der Waals surface area (Å²) in [5.74, 6) is -3.67. The van der Waals surface area contributed by atoms with Crippen LogP contribution in [0.5, 0.6) is 0 Å². The molecule has 2 N–H and O–H groups in total. The van der Waals surface area contributed by atoms with E-state index in [2.05, 4.69) is 10.1 Å². The SMILES string of the molecule is Cc1ccc(/C=C\S(=O)(=O)NCC(=O)OCC(=O)Nc2ccc(F)cc2F)cc1. The predicted octanol–water partition coefficient (Wildman–Crippen LogP) is 2.35. The van der Waals surface area contributed by atoms with Gasteiger partial charge in [0.2, 0.25) is 10.0 Å². The van der Waals surface area contributed by atoms with Gasteiger partial charge in [0.05, 0.1) is 5.69 Å². The Morgan fingerprint density at radius 2 is 1.79 bits per heavy atom. The molecule has 154 valence electrons. The van der Waals surface area contributed by atoms with Crippen LogP contribution >= 0.6 is 0 Å². The third-order valence-electron chi connectivity index (χ3n) is 3.50. The molecular formula is C19H18F2N2O5S. The number of carbonyl (C=O) groups is 2. The largest absolute Gasteiger partial charge is 0.455 e. The third kappa shape index (κ3) is 7.80. The van der Waals surface area contributed by atoms with E-state index in [1.54, 1.807) is 12.1 Å². The molecule has 2 rings (SSSR count). The normalized spacial score (nSPS) is 11.4. The topological polar surface area (TPSA) is 102 Å². The van der Waals surface area contributed by atoms with Crippen LogP contribution in [0.3, 0.4) is 0 Å². The number of ether oxygens (including phenoxy) is 1. The average Bonchev–Trinajstić information content (AvgIpc) is 2.67. The Kier molecular flexibility index (Phi) is 7.57. The molecule has 7 nitrogen and oxygen atoms in total. The van der Waals surface area contributed by atoms with E-state index in [1.807, 2.05) is 23.8 Å². The Labute approximate surface area is 166 Å². The zero-order valence-corrected chi connectivity index (χ0v) is 16.1. The number of esters is 1. The van der Waals surface area contributed by atoms with Crippen molar-refractivity contribution in [1.82, 2.24) is 4.72 Å². The Bertz CT molecular complexity index is 1020. The number of rotatable bonds is 8. The third-order valence-corrected chi connectivity index (χ3v) is 4.55. The van der Waals surface area contributed by atoms with E-state index in [1.165, 1.54) is 6.08 Å². The van der Waals surface area contributed by atoms with Crippen LogP contribution in [-0.4, -0.2) is 33.4 Å². The fourth-order valence-electron chi connectivity index (χ4n) is 2.03. The molecule has 1 amide bonds. The van der Waals surface area contributed by atoms with Gasteiger partial charge in [-0.1, -0.05) is 29.8 Å². The molecule has 0 saturated carbocycles. The maximum absolute atomic E-state index is 13.4. The number of carbonyl (C=O) groups excluding carboxylic acids is 2. The summed E-state index contributed by atoms with van der Waals surface area (Å²) in [6, 6.07) is 9.65. The number of hydrogen-bond donors (Lipinski definition) is 2. The standard InChI is InChI=1S/C19H18F2N2O5S/c1-13-2-4-14(5-3-13)8-9-29(26,27)22-11-19(25)28-12-18(24)23-17-7-6-15(20)10-16(17)21/h2-10,22H,11-12H2,1H3,(H,23,24)/b9-8-. The molecule has 0 aromatic heterocycles. The number of sulfonamides is 1. The van der Waals surface area contributed by atoms with E-state index in [0.29, 0.717) is 11.6 Å².